The lowest BCUT2D eigenvalue weighted by molar-refractivity contribution is 0.628. The zero-order valence-corrected chi connectivity index (χ0v) is 10.7. The van der Waals surface area contributed by atoms with E-state index in [0.717, 1.165) is 29.2 Å². The van der Waals surface area contributed by atoms with Crippen LogP contribution in [0.2, 0.25) is 0 Å². The highest BCUT2D eigenvalue weighted by atomic mass is 19.1. The lowest BCUT2D eigenvalue weighted by atomic mass is 10.1. The number of anilines is 3. The van der Waals surface area contributed by atoms with Gasteiger partial charge in [0.1, 0.15) is 5.82 Å². The van der Waals surface area contributed by atoms with Crippen molar-refractivity contribution >= 4 is 17.1 Å². The zero-order valence-electron chi connectivity index (χ0n) is 10.7. The van der Waals surface area contributed by atoms with Crippen molar-refractivity contribution in [1.82, 2.24) is 0 Å². The van der Waals surface area contributed by atoms with Gasteiger partial charge in [-0.05, 0) is 49.7 Å². The number of nitrogen functional groups attached to an aromatic ring is 1. The van der Waals surface area contributed by atoms with Gasteiger partial charge in [-0.3, -0.25) is 0 Å². The largest absolute Gasteiger partial charge is 0.397 e. The lowest BCUT2D eigenvalue weighted by Gasteiger charge is -2.25. The summed E-state index contributed by atoms with van der Waals surface area (Å²) in [5, 5.41) is 0. The summed E-state index contributed by atoms with van der Waals surface area (Å²) < 4.78 is 13.0. The first-order valence-corrected chi connectivity index (χ1v) is 6.01. The second kappa shape index (κ2) is 5.08. The Morgan fingerprint density at radius 1 is 1.11 bits per heavy atom. The molecular weight excluding hydrogens is 227 g/mol. The second-order valence-electron chi connectivity index (χ2n) is 4.23. The molecule has 3 heteroatoms. The molecule has 0 heterocycles. The summed E-state index contributed by atoms with van der Waals surface area (Å²) in [4.78, 5) is 2.07. The van der Waals surface area contributed by atoms with Gasteiger partial charge in [0.25, 0.3) is 0 Å². The molecule has 0 amide bonds. The number of benzene rings is 2. The van der Waals surface area contributed by atoms with E-state index in [1.54, 1.807) is 12.1 Å². The second-order valence-corrected chi connectivity index (χ2v) is 4.23. The van der Waals surface area contributed by atoms with Gasteiger partial charge in [-0.15, -0.1) is 0 Å². The maximum atomic E-state index is 13.0. The van der Waals surface area contributed by atoms with Crippen LogP contribution in [0.15, 0.2) is 42.5 Å². The van der Waals surface area contributed by atoms with Gasteiger partial charge in [0.05, 0.1) is 11.4 Å². The molecule has 2 aromatic rings. The van der Waals surface area contributed by atoms with Gasteiger partial charge in [-0.25, -0.2) is 4.39 Å². The van der Waals surface area contributed by atoms with E-state index in [2.05, 4.69) is 4.90 Å². The van der Waals surface area contributed by atoms with Crippen molar-refractivity contribution in [3.8, 4) is 0 Å². The predicted octanol–water partition coefficient (Wildman–Crippen LogP) is 3.87. The molecule has 94 valence electrons. The van der Waals surface area contributed by atoms with E-state index < -0.39 is 0 Å². The Labute approximate surface area is 107 Å². The normalized spacial score (nSPS) is 10.4. The molecule has 0 fully saturated rings. The summed E-state index contributed by atoms with van der Waals surface area (Å²) >= 11 is 0. The molecule has 0 spiro atoms. The minimum Gasteiger partial charge on any atom is -0.397 e. The Balaban J connectivity index is 2.45. The summed E-state index contributed by atoms with van der Waals surface area (Å²) in [6.07, 6.45) is 0. The molecule has 0 unspecified atom stereocenters. The van der Waals surface area contributed by atoms with Crippen molar-refractivity contribution in [1.29, 1.82) is 0 Å². The molecule has 0 radical (unpaired) electrons. The Bertz CT molecular complexity index is 535. The predicted molar refractivity (Wildman–Crippen MR) is 74.7 cm³/mol. The fourth-order valence-corrected chi connectivity index (χ4v) is 2.01. The molecule has 18 heavy (non-hydrogen) atoms. The van der Waals surface area contributed by atoms with E-state index in [1.165, 1.54) is 12.1 Å². The van der Waals surface area contributed by atoms with Gasteiger partial charge >= 0.3 is 0 Å². The molecule has 2 nitrogen and oxygen atoms in total. The Hall–Kier alpha value is -2.03. The van der Waals surface area contributed by atoms with Gasteiger partial charge < -0.3 is 10.6 Å². The lowest BCUT2D eigenvalue weighted by Crippen LogP contribution is -2.17. The highest BCUT2D eigenvalue weighted by Gasteiger charge is 2.11. The average molecular weight is 244 g/mol. The number of rotatable bonds is 3. The molecule has 0 saturated heterocycles. The van der Waals surface area contributed by atoms with E-state index in [1.807, 2.05) is 32.0 Å². The van der Waals surface area contributed by atoms with Crippen LogP contribution in [0.1, 0.15) is 12.5 Å². The maximum Gasteiger partial charge on any atom is 0.123 e. The van der Waals surface area contributed by atoms with Gasteiger partial charge in [0, 0.05) is 12.2 Å². The molecule has 2 N–H and O–H groups in total. The third-order valence-corrected chi connectivity index (χ3v) is 3.05. The zero-order chi connectivity index (χ0) is 13.1. The molecule has 0 aliphatic heterocycles. The van der Waals surface area contributed by atoms with Crippen LogP contribution >= 0.6 is 0 Å². The number of nitrogens with two attached hydrogens (primary N) is 1. The van der Waals surface area contributed by atoms with Gasteiger partial charge in [-0.1, -0.05) is 12.1 Å². The molecular formula is C15H17FN2. The first kappa shape index (κ1) is 12.4. The van der Waals surface area contributed by atoms with Crippen LogP contribution in [0.25, 0.3) is 0 Å². The summed E-state index contributed by atoms with van der Waals surface area (Å²) in [6, 6.07) is 12.4. The average Bonchev–Trinajstić information content (AvgIpc) is 2.37. The van der Waals surface area contributed by atoms with E-state index in [4.69, 9.17) is 5.73 Å². The van der Waals surface area contributed by atoms with Crippen LogP contribution in [-0.2, 0) is 0 Å². The fraction of sp³-hybridized carbons (Fsp3) is 0.200. The van der Waals surface area contributed by atoms with Gasteiger partial charge in [0.2, 0.25) is 0 Å². The molecule has 0 bridgehead atoms. The van der Waals surface area contributed by atoms with Crippen molar-refractivity contribution in [2.24, 2.45) is 0 Å². The minimum absolute atomic E-state index is 0.230. The Morgan fingerprint density at radius 3 is 2.39 bits per heavy atom. The Kier molecular flexibility index (Phi) is 3.51. The number of nitrogens with zero attached hydrogens (tertiary/aromatic N) is 1. The summed E-state index contributed by atoms with van der Waals surface area (Å²) in [5.41, 5.74) is 9.83. The van der Waals surface area contributed by atoms with E-state index in [0.29, 0.717) is 0 Å². The smallest absolute Gasteiger partial charge is 0.123 e. The minimum atomic E-state index is -0.230. The number of para-hydroxylation sites is 1. The summed E-state index contributed by atoms with van der Waals surface area (Å²) in [5.74, 6) is -0.230. The third-order valence-electron chi connectivity index (χ3n) is 3.05. The standard InChI is InChI=1S/C15H17FN2/c1-3-18(13-9-7-12(16)8-10-13)14-6-4-5-11(2)15(14)17/h4-10H,3,17H2,1-2H3. The van der Waals surface area contributed by atoms with E-state index >= 15 is 0 Å². The topological polar surface area (TPSA) is 29.3 Å². The van der Waals surface area contributed by atoms with Crippen LogP contribution in [0, 0.1) is 12.7 Å². The highest BCUT2D eigenvalue weighted by molar-refractivity contribution is 5.76. The number of hydrogen-bond donors (Lipinski definition) is 1. The van der Waals surface area contributed by atoms with Gasteiger partial charge in [-0.2, -0.15) is 0 Å². The molecule has 0 atom stereocenters. The highest BCUT2D eigenvalue weighted by Crippen LogP contribution is 2.31. The summed E-state index contributed by atoms with van der Waals surface area (Å²) in [6.45, 7) is 4.81. The van der Waals surface area contributed by atoms with E-state index in [9.17, 15) is 4.39 Å². The molecule has 0 aliphatic carbocycles. The first-order chi connectivity index (χ1) is 8.63. The van der Waals surface area contributed by atoms with Crippen LogP contribution in [0.3, 0.4) is 0 Å². The molecule has 2 rings (SSSR count). The quantitative estimate of drug-likeness (QED) is 0.830. The van der Waals surface area contributed by atoms with Crippen molar-refractivity contribution in [2.45, 2.75) is 13.8 Å². The van der Waals surface area contributed by atoms with Crippen molar-refractivity contribution in [3.05, 3.63) is 53.8 Å². The molecule has 0 aliphatic rings. The maximum absolute atomic E-state index is 13.0. The SMILES string of the molecule is CCN(c1ccc(F)cc1)c1cccc(C)c1N. The van der Waals surface area contributed by atoms with Crippen molar-refractivity contribution < 1.29 is 4.39 Å². The van der Waals surface area contributed by atoms with Crippen LogP contribution in [0.4, 0.5) is 21.5 Å². The molecule has 0 aromatic heterocycles. The number of hydrogen-bond acceptors (Lipinski definition) is 2. The monoisotopic (exact) mass is 244 g/mol. The van der Waals surface area contributed by atoms with Crippen LogP contribution in [-0.4, -0.2) is 6.54 Å². The third kappa shape index (κ3) is 2.30. The fourth-order valence-electron chi connectivity index (χ4n) is 2.01. The van der Waals surface area contributed by atoms with Crippen LogP contribution < -0.4 is 10.6 Å². The van der Waals surface area contributed by atoms with Gasteiger partial charge in [0.15, 0.2) is 0 Å². The number of halogens is 1. The molecule has 2 aromatic carbocycles. The van der Waals surface area contributed by atoms with Crippen LogP contribution in [0.5, 0.6) is 0 Å². The summed E-state index contributed by atoms with van der Waals surface area (Å²) in [7, 11) is 0. The van der Waals surface area contributed by atoms with Crippen molar-refractivity contribution in [3.63, 3.8) is 0 Å². The first-order valence-electron chi connectivity index (χ1n) is 6.01. The van der Waals surface area contributed by atoms with Crippen molar-refractivity contribution in [2.75, 3.05) is 17.2 Å². The molecule has 0 saturated carbocycles. The number of aryl methyl sites for hydroxylation is 1. The van der Waals surface area contributed by atoms with E-state index in [-0.39, 0.29) is 5.82 Å². The Morgan fingerprint density at radius 2 is 1.78 bits per heavy atom.